The molecule has 1 aliphatic rings. The quantitative estimate of drug-likeness (QED) is 0.732. The highest BCUT2D eigenvalue weighted by Gasteiger charge is 2.26. The van der Waals surface area contributed by atoms with Crippen LogP contribution in [0.2, 0.25) is 0 Å². The number of carbonyl (C=O) groups is 1. The lowest BCUT2D eigenvalue weighted by Gasteiger charge is -2.32. The van der Waals surface area contributed by atoms with E-state index in [0.717, 1.165) is 28.5 Å². The summed E-state index contributed by atoms with van der Waals surface area (Å²) in [5.41, 5.74) is 0.729. The molecule has 1 amide bonds. The number of amides is 1. The Bertz CT molecular complexity index is 651. The van der Waals surface area contributed by atoms with E-state index in [-0.39, 0.29) is 12.0 Å². The zero-order valence-electron chi connectivity index (χ0n) is 12.0. The first-order valence-electron chi connectivity index (χ1n) is 7.20. The third kappa shape index (κ3) is 3.73. The molecule has 1 atom stereocenters. The van der Waals surface area contributed by atoms with Crippen LogP contribution in [0.25, 0.3) is 0 Å². The molecule has 1 unspecified atom stereocenters. The molecule has 0 aliphatic carbocycles. The molecule has 1 saturated heterocycles. The molecule has 1 aromatic carbocycles. The Morgan fingerprint density at radius 3 is 3.05 bits per heavy atom. The number of nitrogens with zero attached hydrogens (tertiary/aromatic N) is 3. The number of benzene rings is 1. The van der Waals surface area contributed by atoms with Crippen molar-refractivity contribution in [1.82, 2.24) is 14.9 Å². The fourth-order valence-corrected chi connectivity index (χ4v) is 3.08. The van der Waals surface area contributed by atoms with E-state index >= 15 is 0 Å². The average molecular weight is 409 g/mol. The SMILES string of the molecule is O=C(c1cccc(I)c1)N1CCCC(Oc2cnccn2)C1. The van der Waals surface area contributed by atoms with Gasteiger partial charge in [-0.1, -0.05) is 6.07 Å². The minimum absolute atomic E-state index is 0.0304. The summed E-state index contributed by atoms with van der Waals surface area (Å²) in [7, 11) is 0. The van der Waals surface area contributed by atoms with Crippen molar-refractivity contribution < 1.29 is 9.53 Å². The van der Waals surface area contributed by atoms with Crippen molar-refractivity contribution in [2.75, 3.05) is 13.1 Å². The van der Waals surface area contributed by atoms with Gasteiger partial charge in [-0.2, -0.15) is 0 Å². The molecule has 22 heavy (non-hydrogen) atoms. The lowest BCUT2D eigenvalue weighted by Crippen LogP contribution is -2.44. The predicted octanol–water partition coefficient (Wildman–Crippen LogP) is 2.76. The van der Waals surface area contributed by atoms with Crippen LogP contribution in [0.1, 0.15) is 23.2 Å². The Morgan fingerprint density at radius 2 is 2.27 bits per heavy atom. The highest BCUT2D eigenvalue weighted by atomic mass is 127. The van der Waals surface area contributed by atoms with E-state index in [2.05, 4.69) is 32.6 Å². The van der Waals surface area contributed by atoms with Crippen LogP contribution in [0.5, 0.6) is 5.88 Å². The van der Waals surface area contributed by atoms with Crippen molar-refractivity contribution in [2.24, 2.45) is 0 Å². The van der Waals surface area contributed by atoms with Gasteiger partial charge in [0.05, 0.1) is 12.7 Å². The van der Waals surface area contributed by atoms with Crippen molar-refractivity contribution in [3.63, 3.8) is 0 Å². The van der Waals surface area contributed by atoms with Gasteiger partial charge >= 0.3 is 0 Å². The molecule has 6 heteroatoms. The molecule has 114 valence electrons. The maximum atomic E-state index is 12.6. The molecule has 5 nitrogen and oxygen atoms in total. The Kier molecular flexibility index (Phi) is 4.87. The van der Waals surface area contributed by atoms with E-state index in [1.165, 1.54) is 0 Å². The molecule has 0 spiro atoms. The van der Waals surface area contributed by atoms with Crippen LogP contribution in [0.15, 0.2) is 42.9 Å². The fourth-order valence-electron chi connectivity index (χ4n) is 2.54. The largest absolute Gasteiger partial charge is 0.471 e. The smallest absolute Gasteiger partial charge is 0.254 e. The third-order valence-electron chi connectivity index (χ3n) is 3.56. The summed E-state index contributed by atoms with van der Waals surface area (Å²) in [6.07, 6.45) is 6.64. The van der Waals surface area contributed by atoms with E-state index < -0.39 is 0 Å². The van der Waals surface area contributed by atoms with E-state index in [1.54, 1.807) is 18.6 Å². The van der Waals surface area contributed by atoms with Crippen molar-refractivity contribution in [1.29, 1.82) is 0 Å². The third-order valence-corrected chi connectivity index (χ3v) is 4.23. The van der Waals surface area contributed by atoms with Crippen molar-refractivity contribution in [3.05, 3.63) is 52.0 Å². The van der Waals surface area contributed by atoms with Crippen LogP contribution >= 0.6 is 22.6 Å². The predicted molar refractivity (Wildman–Crippen MR) is 90.7 cm³/mol. The lowest BCUT2D eigenvalue weighted by atomic mass is 10.1. The fraction of sp³-hybridized carbons (Fsp3) is 0.312. The number of ether oxygens (including phenoxy) is 1. The van der Waals surface area contributed by atoms with Gasteiger partial charge in [-0.15, -0.1) is 0 Å². The molecule has 1 aromatic heterocycles. The van der Waals surface area contributed by atoms with Gasteiger partial charge in [0.15, 0.2) is 0 Å². The molecular weight excluding hydrogens is 393 g/mol. The standard InChI is InChI=1S/C16H16IN3O2/c17-13-4-1-3-12(9-13)16(21)20-8-2-5-14(11-20)22-15-10-18-6-7-19-15/h1,3-4,6-7,9-10,14H,2,5,8,11H2. The minimum Gasteiger partial charge on any atom is -0.471 e. The number of hydrogen-bond donors (Lipinski definition) is 0. The summed E-state index contributed by atoms with van der Waals surface area (Å²) >= 11 is 2.22. The van der Waals surface area contributed by atoms with Crippen LogP contribution < -0.4 is 4.74 Å². The van der Waals surface area contributed by atoms with Gasteiger partial charge in [0.2, 0.25) is 5.88 Å². The van der Waals surface area contributed by atoms with Crippen LogP contribution in [0.3, 0.4) is 0 Å². The molecule has 1 fully saturated rings. The number of carbonyl (C=O) groups excluding carboxylic acids is 1. The Hall–Kier alpha value is -1.70. The second kappa shape index (κ2) is 7.04. The Balaban J connectivity index is 1.66. The summed E-state index contributed by atoms with van der Waals surface area (Å²) in [4.78, 5) is 22.6. The first-order valence-corrected chi connectivity index (χ1v) is 8.28. The molecule has 2 aromatic rings. The molecule has 0 saturated carbocycles. The molecule has 0 N–H and O–H groups in total. The zero-order chi connectivity index (χ0) is 15.4. The van der Waals surface area contributed by atoms with Gasteiger partial charge in [-0.05, 0) is 53.6 Å². The summed E-state index contributed by atoms with van der Waals surface area (Å²) in [6.45, 7) is 1.35. The van der Waals surface area contributed by atoms with Crippen molar-refractivity contribution >= 4 is 28.5 Å². The number of likely N-dealkylation sites (tertiary alicyclic amines) is 1. The Labute approximate surface area is 142 Å². The maximum absolute atomic E-state index is 12.6. The van der Waals surface area contributed by atoms with E-state index in [9.17, 15) is 4.79 Å². The Morgan fingerprint density at radius 1 is 1.36 bits per heavy atom. The van der Waals surface area contributed by atoms with Gasteiger partial charge in [-0.3, -0.25) is 9.78 Å². The van der Waals surface area contributed by atoms with Gasteiger partial charge in [0.25, 0.3) is 5.91 Å². The first kappa shape index (κ1) is 15.2. The minimum atomic E-state index is -0.0304. The molecule has 3 rings (SSSR count). The van der Waals surface area contributed by atoms with E-state index in [4.69, 9.17) is 4.74 Å². The van der Waals surface area contributed by atoms with Crippen LogP contribution in [-0.2, 0) is 0 Å². The van der Waals surface area contributed by atoms with Crippen LogP contribution in [0.4, 0.5) is 0 Å². The van der Waals surface area contributed by atoms with Gasteiger partial charge < -0.3 is 9.64 Å². The second-order valence-corrected chi connectivity index (χ2v) is 6.43. The monoisotopic (exact) mass is 409 g/mol. The number of piperidine rings is 1. The van der Waals surface area contributed by atoms with Crippen LogP contribution in [0, 0.1) is 3.57 Å². The first-order chi connectivity index (χ1) is 10.7. The molecule has 0 bridgehead atoms. The van der Waals surface area contributed by atoms with Crippen molar-refractivity contribution in [2.45, 2.75) is 18.9 Å². The number of halogens is 1. The topological polar surface area (TPSA) is 55.3 Å². The molecular formula is C16H16IN3O2. The molecule has 2 heterocycles. The average Bonchev–Trinajstić information content (AvgIpc) is 2.55. The lowest BCUT2D eigenvalue weighted by molar-refractivity contribution is 0.0527. The number of hydrogen-bond acceptors (Lipinski definition) is 4. The molecule has 0 radical (unpaired) electrons. The normalized spacial score (nSPS) is 18.0. The van der Waals surface area contributed by atoms with E-state index in [1.807, 2.05) is 29.2 Å². The summed E-state index contributed by atoms with van der Waals surface area (Å²) in [5, 5.41) is 0. The summed E-state index contributed by atoms with van der Waals surface area (Å²) in [5.74, 6) is 0.571. The van der Waals surface area contributed by atoms with E-state index in [0.29, 0.717) is 12.4 Å². The highest BCUT2D eigenvalue weighted by Crippen LogP contribution is 2.18. The highest BCUT2D eigenvalue weighted by molar-refractivity contribution is 14.1. The number of aromatic nitrogens is 2. The second-order valence-electron chi connectivity index (χ2n) is 5.19. The summed E-state index contributed by atoms with van der Waals surface area (Å²) < 4.78 is 6.89. The number of rotatable bonds is 3. The van der Waals surface area contributed by atoms with Gasteiger partial charge in [0.1, 0.15) is 6.10 Å². The molecule has 1 aliphatic heterocycles. The van der Waals surface area contributed by atoms with Gasteiger partial charge in [0, 0.05) is 28.1 Å². The maximum Gasteiger partial charge on any atom is 0.254 e. The summed E-state index contributed by atoms with van der Waals surface area (Å²) in [6, 6.07) is 7.66. The van der Waals surface area contributed by atoms with Gasteiger partial charge in [-0.25, -0.2) is 4.98 Å². The van der Waals surface area contributed by atoms with Crippen LogP contribution in [-0.4, -0.2) is 40.0 Å². The zero-order valence-corrected chi connectivity index (χ0v) is 14.1. The van der Waals surface area contributed by atoms with Crippen molar-refractivity contribution in [3.8, 4) is 5.88 Å².